The van der Waals surface area contributed by atoms with Crippen LogP contribution < -0.4 is 5.32 Å². The second-order valence-corrected chi connectivity index (χ2v) is 6.36. The summed E-state index contributed by atoms with van der Waals surface area (Å²) in [6.45, 7) is 5.62. The minimum atomic E-state index is -0.750. The largest absolute Gasteiger partial charge is 0.481 e. The second-order valence-electron chi connectivity index (χ2n) is 6.36. The van der Waals surface area contributed by atoms with Crippen LogP contribution in [0.3, 0.4) is 0 Å². The third-order valence-electron chi connectivity index (χ3n) is 4.85. The summed E-state index contributed by atoms with van der Waals surface area (Å²) in [4.78, 5) is 25.0. The SMILES string of the molecule is C[C@H](NCC(=O)N1CCC(C(=O)O)CC1)[C@@H](C)c1ccccc1. The van der Waals surface area contributed by atoms with Crippen LogP contribution in [0.4, 0.5) is 0 Å². The minimum absolute atomic E-state index is 0.0564. The van der Waals surface area contributed by atoms with Gasteiger partial charge in [-0.2, -0.15) is 0 Å². The monoisotopic (exact) mass is 318 g/mol. The predicted octanol–water partition coefficient (Wildman–Crippen LogP) is 2.09. The molecule has 1 aliphatic rings. The highest BCUT2D eigenvalue weighted by Gasteiger charge is 2.27. The van der Waals surface area contributed by atoms with Crippen molar-refractivity contribution in [3.05, 3.63) is 35.9 Å². The molecule has 1 fully saturated rings. The Morgan fingerprint density at radius 2 is 1.83 bits per heavy atom. The van der Waals surface area contributed by atoms with E-state index in [1.54, 1.807) is 4.90 Å². The summed E-state index contributed by atoms with van der Waals surface area (Å²) >= 11 is 0. The maximum atomic E-state index is 12.3. The number of hydrogen-bond acceptors (Lipinski definition) is 3. The van der Waals surface area contributed by atoms with Crippen LogP contribution in [0.2, 0.25) is 0 Å². The number of likely N-dealkylation sites (tertiary alicyclic amines) is 1. The van der Waals surface area contributed by atoms with Crippen molar-refractivity contribution in [1.82, 2.24) is 10.2 Å². The van der Waals surface area contributed by atoms with E-state index in [4.69, 9.17) is 5.11 Å². The number of carbonyl (C=O) groups is 2. The average molecular weight is 318 g/mol. The first-order valence-corrected chi connectivity index (χ1v) is 8.28. The summed E-state index contributed by atoms with van der Waals surface area (Å²) in [5.74, 6) is -0.674. The molecule has 1 aromatic rings. The van der Waals surface area contributed by atoms with E-state index in [1.165, 1.54) is 5.56 Å². The van der Waals surface area contributed by atoms with Crippen LogP contribution in [0.1, 0.15) is 38.2 Å². The Hall–Kier alpha value is -1.88. The van der Waals surface area contributed by atoms with Gasteiger partial charge in [0.05, 0.1) is 12.5 Å². The molecule has 1 aliphatic heterocycles. The van der Waals surface area contributed by atoms with Gasteiger partial charge in [-0.25, -0.2) is 0 Å². The summed E-state index contributed by atoms with van der Waals surface area (Å²) in [6, 6.07) is 10.4. The van der Waals surface area contributed by atoms with Gasteiger partial charge in [-0.1, -0.05) is 37.3 Å². The van der Waals surface area contributed by atoms with Gasteiger partial charge >= 0.3 is 5.97 Å². The Bertz CT molecular complexity index is 524. The fourth-order valence-corrected chi connectivity index (χ4v) is 2.96. The number of carboxylic acid groups (broad SMARTS) is 1. The molecule has 1 amide bonds. The molecule has 126 valence electrons. The lowest BCUT2D eigenvalue weighted by atomic mass is 9.94. The van der Waals surface area contributed by atoms with Gasteiger partial charge in [-0.3, -0.25) is 9.59 Å². The van der Waals surface area contributed by atoms with Gasteiger partial charge in [0.1, 0.15) is 0 Å². The Morgan fingerprint density at radius 3 is 2.39 bits per heavy atom. The molecule has 0 unspecified atom stereocenters. The van der Waals surface area contributed by atoms with Crippen LogP contribution >= 0.6 is 0 Å². The number of aliphatic carboxylic acids is 1. The van der Waals surface area contributed by atoms with Crippen LogP contribution in [0.25, 0.3) is 0 Å². The van der Waals surface area contributed by atoms with Gasteiger partial charge in [0.2, 0.25) is 5.91 Å². The van der Waals surface area contributed by atoms with E-state index in [1.807, 2.05) is 18.2 Å². The molecule has 0 aliphatic carbocycles. The van der Waals surface area contributed by atoms with Crippen molar-refractivity contribution in [3.8, 4) is 0 Å². The Labute approximate surface area is 137 Å². The van der Waals surface area contributed by atoms with Crippen molar-refractivity contribution in [2.75, 3.05) is 19.6 Å². The fourth-order valence-electron chi connectivity index (χ4n) is 2.96. The van der Waals surface area contributed by atoms with Crippen molar-refractivity contribution in [2.45, 2.75) is 38.6 Å². The summed E-state index contributed by atoms with van der Waals surface area (Å²) in [6.07, 6.45) is 1.11. The molecule has 0 spiro atoms. The number of nitrogens with one attached hydrogen (secondary N) is 1. The van der Waals surface area contributed by atoms with E-state index in [2.05, 4.69) is 31.3 Å². The first-order chi connectivity index (χ1) is 11.0. The summed E-state index contributed by atoms with van der Waals surface area (Å²) in [7, 11) is 0. The summed E-state index contributed by atoms with van der Waals surface area (Å²) in [5, 5.41) is 12.3. The molecule has 5 heteroatoms. The fraction of sp³-hybridized carbons (Fsp3) is 0.556. The molecule has 2 atom stereocenters. The van der Waals surface area contributed by atoms with Gasteiger partial charge in [0.25, 0.3) is 0 Å². The topological polar surface area (TPSA) is 69.6 Å². The molecule has 0 radical (unpaired) electrons. The van der Waals surface area contributed by atoms with E-state index < -0.39 is 5.97 Å². The first-order valence-electron chi connectivity index (χ1n) is 8.28. The molecule has 23 heavy (non-hydrogen) atoms. The molecule has 0 aromatic heterocycles. The number of hydrogen-bond donors (Lipinski definition) is 2. The number of benzene rings is 1. The van der Waals surface area contributed by atoms with Crippen molar-refractivity contribution in [2.24, 2.45) is 5.92 Å². The average Bonchev–Trinajstić information content (AvgIpc) is 2.59. The van der Waals surface area contributed by atoms with Crippen LogP contribution in [-0.4, -0.2) is 47.6 Å². The van der Waals surface area contributed by atoms with Crippen LogP contribution in [0, 0.1) is 5.92 Å². The maximum absolute atomic E-state index is 12.3. The standard InChI is InChI=1S/C18H26N2O3/c1-13(15-6-4-3-5-7-15)14(2)19-12-17(21)20-10-8-16(9-11-20)18(22)23/h3-7,13-14,16,19H,8-12H2,1-2H3,(H,22,23)/t13-,14+/m1/s1. The molecule has 0 bridgehead atoms. The predicted molar refractivity (Wildman–Crippen MR) is 89.3 cm³/mol. The summed E-state index contributed by atoms with van der Waals surface area (Å²) < 4.78 is 0. The van der Waals surface area contributed by atoms with Crippen LogP contribution in [0.15, 0.2) is 30.3 Å². The van der Waals surface area contributed by atoms with Gasteiger partial charge in [0, 0.05) is 19.1 Å². The molecule has 1 heterocycles. The molecule has 5 nitrogen and oxygen atoms in total. The van der Waals surface area contributed by atoms with Crippen molar-refractivity contribution in [3.63, 3.8) is 0 Å². The van der Waals surface area contributed by atoms with E-state index in [0.29, 0.717) is 38.4 Å². The third kappa shape index (κ3) is 4.79. The number of carbonyl (C=O) groups excluding carboxylic acids is 1. The number of rotatable bonds is 6. The summed E-state index contributed by atoms with van der Waals surface area (Å²) in [5.41, 5.74) is 1.25. The highest BCUT2D eigenvalue weighted by Crippen LogP contribution is 2.19. The number of amides is 1. The zero-order valence-corrected chi connectivity index (χ0v) is 13.9. The smallest absolute Gasteiger partial charge is 0.306 e. The van der Waals surface area contributed by atoms with E-state index >= 15 is 0 Å². The van der Waals surface area contributed by atoms with Gasteiger partial charge in [-0.05, 0) is 31.2 Å². The maximum Gasteiger partial charge on any atom is 0.306 e. The molecular formula is C18H26N2O3. The van der Waals surface area contributed by atoms with E-state index in [-0.39, 0.29) is 17.9 Å². The van der Waals surface area contributed by atoms with Gasteiger partial charge in [0.15, 0.2) is 0 Å². The zero-order valence-electron chi connectivity index (χ0n) is 13.9. The van der Waals surface area contributed by atoms with Gasteiger partial charge in [-0.15, -0.1) is 0 Å². The molecule has 1 aromatic carbocycles. The highest BCUT2D eigenvalue weighted by atomic mass is 16.4. The molecule has 2 rings (SSSR count). The lowest BCUT2D eigenvalue weighted by Crippen LogP contribution is -2.46. The van der Waals surface area contributed by atoms with Crippen LogP contribution in [0.5, 0.6) is 0 Å². The van der Waals surface area contributed by atoms with Gasteiger partial charge < -0.3 is 15.3 Å². The van der Waals surface area contributed by atoms with Crippen molar-refractivity contribution < 1.29 is 14.7 Å². The second kappa shape index (κ2) is 8.11. The molecule has 1 saturated heterocycles. The van der Waals surface area contributed by atoms with Crippen LogP contribution in [-0.2, 0) is 9.59 Å². The lowest BCUT2D eigenvalue weighted by molar-refractivity contribution is -0.145. The Kier molecular flexibility index (Phi) is 6.16. The quantitative estimate of drug-likeness (QED) is 0.843. The number of carboxylic acids is 1. The van der Waals surface area contributed by atoms with Crippen molar-refractivity contribution in [1.29, 1.82) is 0 Å². The number of piperidine rings is 1. The first kappa shape index (κ1) is 17.5. The normalized spacial score (nSPS) is 18.4. The molecule has 2 N–H and O–H groups in total. The lowest BCUT2D eigenvalue weighted by Gasteiger charge is -2.31. The van der Waals surface area contributed by atoms with E-state index in [9.17, 15) is 9.59 Å². The number of nitrogens with zero attached hydrogens (tertiary/aromatic N) is 1. The van der Waals surface area contributed by atoms with E-state index in [0.717, 1.165) is 0 Å². The van der Waals surface area contributed by atoms with Crippen molar-refractivity contribution >= 4 is 11.9 Å². The zero-order chi connectivity index (χ0) is 16.8. The Morgan fingerprint density at radius 1 is 1.22 bits per heavy atom. The highest BCUT2D eigenvalue weighted by molar-refractivity contribution is 5.79. The molecule has 0 saturated carbocycles. The Balaban J connectivity index is 1.77. The third-order valence-corrected chi connectivity index (χ3v) is 4.85. The molecular weight excluding hydrogens is 292 g/mol. The minimum Gasteiger partial charge on any atom is -0.481 e.